The Morgan fingerprint density at radius 3 is 2.11 bits per heavy atom. The number of nitrogens with two attached hydrogens (primary N) is 2. The normalized spacial score (nSPS) is 15.1. The van der Waals surface area contributed by atoms with Crippen molar-refractivity contribution in [3.8, 4) is 0 Å². The van der Waals surface area contributed by atoms with Crippen molar-refractivity contribution in [3.05, 3.63) is 18.2 Å². The smallest absolute Gasteiger partial charge is 0.326 e. The molecule has 0 aromatic carbocycles. The van der Waals surface area contributed by atoms with Crippen molar-refractivity contribution in [2.45, 2.75) is 63.7 Å². The summed E-state index contributed by atoms with van der Waals surface area (Å²) in [6.45, 7) is 3.38. The van der Waals surface area contributed by atoms with E-state index >= 15 is 0 Å². The number of nitrogens with zero attached hydrogens (tertiary/aromatic N) is 1. The first-order valence-corrected chi connectivity index (χ1v) is 10.7. The molecular weight excluding hydrogens is 466 g/mol. The van der Waals surface area contributed by atoms with Crippen molar-refractivity contribution in [3.63, 3.8) is 0 Å². The second kappa shape index (κ2) is 13.6. The Bertz CT molecular complexity index is 921. The Morgan fingerprint density at radius 1 is 1.00 bits per heavy atom. The number of aromatic nitrogens is 2. The molecule has 0 radical (unpaired) electrons. The van der Waals surface area contributed by atoms with Crippen LogP contribution in [-0.4, -0.2) is 79.9 Å². The minimum absolute atomic E-state index is 0.0916. The first-order valence-electron chi connectivity index (χ1n) is 10.7. The number of carbonyl (C=O) groups is 6. The van der Waals surface area contributed by atoms with Crippen molar-refractivity contribution in [2.75, 3.05) is 0 Å². The highest BCUT2D eigenvalue weighted by molar-refractivity contribution is 5.95. The van der Waals surface area contributed by atoms with E-state index in [1.165, 1.54) is 12.5 Å². The molecule has 10 N–H and O–H groups in total. The van der Waals surface area contributed by atoms with Gasteiger partial charge in [-0.05, 0) is 5.92 Å². The van der Waals surface area contributed by atoms with Gasteiger partial charge in [0.05, 0.1) is 25.2 Å². The maximum absolute atomic E-state index is 13.1. The molecule has 1 aromatic rings. The van der Waals surface area contributed by atoms with Gasteiger partial charge in [-0.25, -0.2) is 9.78 Å². The number of H-pyrrole nitrogens is 1. The number of aromatic amines is 1. The number of aliphatic carboxylic acids is 2. The summed E-state index contributed by atoms with van der Waals surface area (Å²) in [5.41, 5.74) is 11.1. The van der Waals surface area contributed by atoms with Gasteiger partial charge in [0, 0.05) is 18.3 Å². The summed E-state index contributed by atoms with van der Waals surface area (Å²) in [4.78, 5) is 78.3. The van der Waals surface area contributed by atoms with Crippen LogP contribution in [0.2, 0.25) is 0 Å². The molecule has 5 atom stereocenters. The second-order valence-electron chi connectivity index (χ2n) is 7.99. The summed E-state index contributed by atoms with van der Waals surface area (Å²) < 4.78 is 0. The minimum Gasteiger partial charge on any atom is -0.481 e. The van der Waals surface area contributed by atoms with Gasteiger partial charge in [0.25, 0.3) is 0 Å². The molecule has 0 bridgehead atoms. The largest absolute Gasteiger partial charge is 0.481 e. The molecule has 0 aliphatic carbocycles. The summed E-state index contributed by atoms with van der Waals surface area (Å²) >= 11 is 0. The van der Waals surface area contributed by atoms with E-state index in [9.17, 15) is 33.9 Å². The molecule has 0 spiro atoms. The Kier molecular flexibility index (Phi) is 11.3. The fourth-order valence-electron chi connectivity index (χ4n) is 3.00. The molecular formula is C20H31N7O8. The van der Waals surface area contributed by atoms with Crippen LogP contribution in [0.5, 0.6) is 0 Å². The highest BCUT2D eigenvalue weighted by Crippen LogP contribution is 2.10. The van der Waals surface area contributed by atoms with Crippen molar-refractivity contribution < 1.29 is 39.0 Å². The molecule has 0 saturated heterocycles. The summed E-state index contributed by atoms with van der Waals surface area (Å²) in [5.74, 6) is -6.78. The monoisotopic (exact) mass is 497 g/mol. The van der Waals surface area contributed by atoms with E-state index in [0.717, 1.165) is 0 Å². The van der Waals surface area contributed by atoms with Crippen LogP contribution in [-0.2, 0) is 35.2 Å². The van der Waals surface area contributed by atoms with E-state index in [-0.39, 0.29) is 6.42 Å². The van der Waals surface area contributed by atoms with E-state index in [1.54, 1.807) is 13.8 Å². The van der Waals surface area contributed by atoms with Crippen LogP contribution in [0.3, 0.4) is 0 Å². The van der Waals surface area contributed by atoms with Crippen LogP contribution < -0.4 is 27.4 Å². The molecule has 5 unspecified atom stereocenters. The van der Waals surface area contributed by atoms with Crippen molar-refractivity contribution >= 4 is 35.6 Å². The van der Waals surface area contributed by atoms with Gasteiger partial charge in [-0.15, -0.1) is 0 Å². The van der Waals surface area contributed by atoms with E-state index in [0.29, 0.717) is 12.1 Å². The van der Waals surface area contributed by atoms with E-state index in [2.05, 4.69) is 25.9 Å². The van der Waals surface area contributed by atoms with E-state index in [1.807, 2.05) is 0 Å². The van der Waals surface area contributed by atoms with Crippen LogP contribution in [0.25, 0.3) is 0 Å². The summed E-state index contributed by atoms with van der Waals surface area (Å²) in [6, 6.07) is -5.53. The highest BCUT2D eigenvalue weighted by atomic mass is 16.4. The third-order valence-electron chi connectivity index (χ3n) is 5.16. The lowest BCUT2D eigenvalue weighted by Gasteiger charge is -2.27. The lowest BCUT2D eigenvalue weighted by molar-refractivity contribution is -0.144. The lowest BCUT2D eigenvalue weighted by Crippen LogP contribution is -2.59. The SMILES string of the molecule is CCC(C)C(NC(=O)C(Cc1cnc[nH]1)NC(=O)C(N)CC(=O)O)C(=O)NC(CC(N)=O)C(=O)O. The summed E-state index contributed by atoms with van der Waals surface area (Å²) in [6.07, 6.45) is 1.76. The Morgan fingerprint density at radius 2 is 1.63 bits per heavy atom. The predicted octanol–water partition coefficient (Wildman–Crippen LogP) is -2.79. The third-order valence-corrected chi connectivity index (χ3v) is 5.16. The van der Waals surface area contributed by atoms with E-state index < -0.39 is 78.5 Å². The zero-order valence-electron chi connectivity index (χ0n) is 19.3. The van der Waals surface area contributed by atoms with Gasteiger partial charge >= 0.3 is 11.9 Å². The number of primary amides is 1. The van der Waals surface area contributed by atoms with Crippen LogP contribution >= 0.6 is 0 Å². The molecule has 1 aromatic heterocycles. The predicted molar refractivity (Wildman–Crippen MR) is 119 cm³/mol. The Hall–Kier alpha value is -4.01. The van der Waals surface area contributed by atoms with Gasteiger partial charge in [-0.3, -0.25) is 24.0 Å². The molecule has 0 aliphatic rings. The summed E-state index contributed by atoms with van der Waals surface area (Å²) in [5, 5.41) is 25.2. The summed E-state index contributed by atoms with van der Waals surface area (Å²) in [7, 11) is 0. The zero-order valence-corrected chi connectivity index (χ0v) is 19.3. The van der Waals surface area contributed by atoms with Crippen molar-refractivity contribution in [1.29, 1.82) is 0 Å². The fourth-order valence-corrected chi connectivity index (χ4v) is 3.00. The lowest BCUT2D eigenvalue weighted by atomic mass is 9.97. The second-order valence-corrected chi connectivity index (χ2v) is 7.99. The number of carboxylic acid groups (broad SMARTS) is 2. The van der Waals surface area contributed by atoms with Crippen molar-refractivity contribution in [1.82, 2.24) is 25.9 Å². The number of carboxylic acids is 2. The average Bonchev–Trinajstić information content (AvgIpc) is 3.27. The van der Waals surface area contributed by atoms with Crippen LogP contribution in [0.1, 0.15) is 38.8 Å². The number of carbonyl (C=O) groups excluding carboxylic acids is 4. The molecule has 0 aliphatic heterocycles. The third kappa shape index (κ3) is 9.79. The molecule has 35 heavy (non-hydrogen) atoms. The first-order chi connectivity index (χ1) is 16.3. The Labute approximate surface area is 200 Å². The van der Waals surface area contributed by atoms with Crippen molar-refractivity contribution in [2.24, 2.45) is 17.4 Å². The van der Waals surface area contributed by atoms with Gasteiger partial charge in [-0.1, -0.05) is 20.3 Å². The number of amides is 4. The molecule has 0 saturated carbocycles. The van der Waals surface area contributed by atoms with Gasteiger partial charge in [-0.2, -0.15) is 0 Å². The van der Waals surface area contributed by atoms with Crippen LogP contribution in [0, 0.1) is 5.92 Å². The Balaban J connectivity index is 3.09. The molecule has 4 amide bonds. The zero-order chi connectivity index (χ0) is 26.7. The van der Waals surface area contributed by atoms with Crippen LogP contribution in [0.15, 0.2) is 12.5 Å². The van der Waals surface area contributed by atoms with Crippen LogP contribution in [0.4, 0.5) is 0 Å². The van der Waals surface area contributed by atoms with Gasteiger partial charge in [0.15, 0.2) is 0 Å². The minimum atomic E-state index is -1.60. The fraction of sp³-hybridized carbons (Fsp3) is 0.550. The maximum Gasteiger partial charge on any atom is 0.326 e. The molecule has 1 heterocycles. The van der Waals surface area contributed by atoms with Gasteiger partial charge in [0.1, 0.15) is 18.1 Å². The molecule has 0 fully saturated rings. The molecule has 15 nitrogen and oxygen atoms in total. The highest BCUT2D eigenvalue weighted by Gasteiger charge is 2.33. The van der Waals surface area contributed by atoms with E-state index in [4.69, 9.17) is 16.6 Å². The average molecular weight is 498 g/mol. The molecule has 194 valence electrons. The quantitative estimate of drug-likeness (QED) is 0.123. The number of nitrogens with one attached hydrogen (secondary N) is 4. The number of rotatable bonds is 15. The number of hydrogen-bond acceptors (Lipinski definition) is 8. The number of hydrogen-bond donors (Lipinski definition) is 8. The molecule has 15 heteroatoms. The number of imidazole rings is 1. The first kappa shape index (κ1) is 29.0. The molecule has 1 rings (SSSR count). The maximum atomic E-state index is 13.1. The topological polar surface area (TPSA) is 260 Å². The standard InChI is InChI=1S/C20H31N7O8/c1-3-9(2)16(19(33)26-13(20(34)35)6-14(22)28)27-18(32)12(4-10-7-23-8-24-10)25-17(31)11(21)5-15(29)30/h7-9,11-13,16H,3-6,21H2,1-2H3,(H2,22,28)(H,23,24)(H,25,31)(H,26,33)(H,27,32)(H,29,30)(H,34,35). The van der Waals surface area contributed by atoms with Gasteiger partial charge in [0.2, 0.25) is 23.6 Å². The van der Waals surface area contributed by atoms with Gasteiger partial charge < -0.3 is 42.6 Å².